The predicted octanol–water partition coefficient (Wildman–Crippen LogP) is 12.3. The number of hydrogen-bond donors (Lipinski definition) is 3. The molecule has 1 saturated heterocycles. The Balaban J connectivity index is 0.752. The van der Waals surface area contributed by atoms with Gasteiger partial charge in [0, 0.05) is 31.2 Å². The molecule has 2 aliphatic carbocycles. The van der Waals surface area contributed by atoms with E-state index < -0.39 is 41.2 Å². The van der Waals surface area contributed by atoms with Gasteiger partial charge in [0.1, 0.15) is 17.4 Å². The van der Waals surface area contributed by atoms with E-state index in [-0.39, 0.29) is 17.9 Å². The molecular formula is C62H65F6N5O3. The van der Waals surface area contributed by atoms with Gasteiger partial charge >= 0.3 is 12.4 Å². The molecule has 0 radical (unpaired) electrons. The number of unbranched alkanes of at least 4 members (excludes halogenated alkanes) is 3. The van der Waals surface area contributed by atoms with Crippen LogP contribution in [-0.4, -0.2) is 92.6 Å². The molecule has 8 nitrogen and oxygen atoms in total. The van der Waals surface area contributed by atoms with Gasteiger partial charge < -0.3 is 25.8 Å². The lowest BCUT2D eigenvalue weighted by Gasteiger charge is -2.33. The number of rotatable bonds is 21. The number of likely N-dealkylation sites (tertiary alicyclic amines) is 1. The van der Waals surface area contributed by atoms with Gasteiger partial charge in [-0.15, -0.1) is 0 Å². The van der Waals surface area contributed by atoms with Crippen molar-refractivity contribution in [3.05, 3.63) is 179 Å². The number of alkyl halides is 6. The number of benzene rings is 6. The van der Waals surface area contributed by atoms with E-state index in [4.69, 9.17) is 0 Å². The van der Waals surface area contributed by atoms with Crippen molar-refractivity contribution < 1.29 is 40.7 Å². The van der Waals surface area contributed by atoms with Gasteiger partial charge in [-0.25, -0.2) is 0 Å². The Bertz CT molecular complexity index is 2910. The summed E-state index contributed by atoms with van der Waals surface area (Å²) in [5, 5.41) is 8.75. The SMILES string of the molecule is CN(CCCCNC(=O)C1(CCCCN2CCC(NC(=O)c3ccccc3-c3ccc(C(F)(F)F)cc3)CC2)c2ccccc2-c2ccccc21)CCCCC1(C(=O)NCC(F)(F)F)c2ccccc2-c2ccccc21. The lowest BCUT2D eigenvalue weighted by atomic mass is 9.73. The number of carbonyl (C=O) groups excluding carboxylic acids is 3. The molecule has 6 aromatic carbocycles. The fourth-order valence-electron chi connectivity index (χ4n) is 12.0. The summed E-state index contributed by atoms with van der Waals surface area (Å²) in [6.07, 6.45) is -1.74. The molecule has 76 heavy (non-hydrogen) atoms. The Hall–Kier alpha value is -6.77. The zero-order chi connectivity index (χ0) is 53.5. The third-order valence-corrected chi connectivity index (χ3v) is 15.8. The van der Waals surface area contributed by atoms with Crippen LogP contribution in [0.15, 0.2) is 146 Å². The second kappa shape index (κ2) is 23.2. The summed E-state index contributed by atoms with van der Waals surface area (Å²) < 4.78 is 79.8. The minimum absolute atomic E-state index is 0.00188. The molecular weight excluding hydrogens is 977 g/mol. The van der Waals surface area contributed by atoms with E-state index >= 15 is 0 Å². The highest BCUT2D eigenvalue weighted by atomic mass is 19.4. The fraction of sp³-hybridized carbons (Fsp3) is 0.371. The molecule has 6 aromatic rings. The molecule has 0 aromatic heterocycles. The number of piperidine rings is 1. The molecule has 1 aliphatic heterocycles. The van der Waals surface area contributed by atoms with Crippen molar-refractivity contribution in [1.29, 1.82) is 0 Å². The van der Waals surface area contributed by atoms with E-state index in [1.54, 1.807) is 24.3 Å². The van der Waals surface area contributed by atoms with Crippen LogP contribution < -0.4 is 16.0 Å². The number of carbonyl (C=O) groups is 3. The van der Waals surface area contributed by atoms with Gasteiger partial charge in [-0.2, -0.15) is 26.3 Å². The molecule has 9 rings (SSSR count). The molecule has 0 bridgehead atoms. The fourth-order valence-corrected chi connectivity index (χ4v) is 12.0. The molecule has 0 spiro atoms. The lowest BCUT2D eigenvalue weighted by molar-refractivity contribution is -0.141. The zero-order valence-electron chi connectivity index (χ0n) is 42.8. The second-order valence-corrected chi connectivity index (χ2v) is 20.7. The van der Waals surface area contributed by atoms with Gasteiger partial charge in [-0.3, -0.25) is 14.4 Å². The minimum atomic E-state index is -4.53. The Morgan fingerprint density at radius 2 is 1.00 bits per heavy atom. The maximum atomic E-state index is 14.8. The Kier molecular flexibility index (Phi) is 16.5. The highest BCUT2D eigenvalue weighted by molar-refractivity contribution is 6.02. The van der Waals surface area contributed by atoms with E-state index in [0.29, 0.717) is 42.5 Å². The van der Waals surface area contributed by atoms with E-state index in [2.05, 4.69) is 50.0 Å². The summed E-state index contributed by atoms with van der Waals surface area (Å²) in [6, 6.07) is 43.3. The van der Waals surface area contributed by atoms with Crippen molar-refractivity contribution in [3.8, 4) is 33.4 Å². The molecule has 398 valence electrons. The summed E-state index contributed by atoms with van der Waals surface area (Å²) in [6.45, 7) is 3.11. The standard InChI is InChI=1S/C62H65F6N5O3/c1-72(37-15-12-34-60(58(76)70-42-61(63,64)65)54-26-10-6-21-49(54)50-22-7-11-27-55(50)60)38-17-14-36-69-57(75)59(52-24-8-4-19-47(52)48-20-5-9-25-53(48)59)35-13-16-39-73-40-32-45(33-41-73)71-56(74)51-23-3-2-18-46(51)43-28-30-44(31-29-43)62(66,67)68/h2-11,18-31,45H,12-17,32-42H2,1H3,(H,69,75)(H,70,76)(H,71,74). The van der Waals surface area contributed by atoms with Crippen LogP contribution in [0.25, 0.3) is 33.4 Å². The van der Waals surface area contributed by atoms with Gasteiger partial charge in [0.05, 0.1) is 5.56 Å². The summed E-state index contributed by atoms with van der Waals surface area (Å²) in [5.74, 6) is -0.883. The first-order valence-corrected chi connectivity index (χ1v) is 26.6. The summed E-state index contributed by atoms with van der Waals surface area (Å²) in [5.41, 5.74) is 6.14. The third-order valence-electron chi connectivity index (χ3n) is 15.8. The smallest absolute Gasteiger partial charge is 0.355 e. The first kappa shape index (κ1) is 54.0. The average molecular weight is 1040 g/mol. The topological polar surface area (TPSA) is 93.8 Å². The van der Waals surface area contributed by atoms with Gasteiger partial charge in [-0.05, 0) is 152 Å². The quantitative estimate of drug-likeness (QED) is 0.0493. The predicted molar refractivity (Wildman–Crippen MR) is 286 cm³/mol. The Morgan fingerprint density at radius 1 is 0.553 bits per heavy atom. The molecule has 0 atom stereocenters. The summed E-state index contributed by atoms with van der Waals surface area (Å²) in [7, 11) is 2.05. The van der Waals surface area contributed by atoms with Crippen LogP contribution in [0.1, 0.15) is 102 Å². The molecule has 3 amide bonds. The molecule has 3 N–H and O–H groups in total. The second-order valence-electron chi connectivity index (χ2n) is 20.7. The highest BCUT2D eigenvalue weighted by Crippen LogP contribution is 2.53. The first-order chi connectivity index (χ1) is 36.6. The summed E-state index contributed by atoms with van der Waals surface area (Å²) in [4.78, 5) is 46.9. The van der Waals surface area contributed by atoms with Crippen LogP contribution in [-0.2, 0) is 26.6 Å². The van der Waals surface area contributed by atoms with Gasteiger partial charge in [-0.1, -0.05) is 140 Å². The van der Waals surface area contributed by atoms with Crippen LogP contribution in [0.5, 0.6) is 0 Å². The Morgan fingerprint density at radius 3 is 1.50 bits per heavy atom. The molecule has 3 aliphatic rings. The average Bonchev–Trinajstić information content (AvgIpc) is 4.09. The lowest BCUT2D eigenvalue weighted by Crippen LogP contribution is -2.47. The van der Waals surface area contributed by atoms with Crippen LogP contribution in [0.2, 0.25) is 0 Å². The van der Waals surface area contributed by atoms with Gasteiger partial charge in [0.15, 0.2) is 0 Å². The summed E-state index contributed by atoms with van der Waals surface area (Å²) >= 11 is 0. The molecule has 0 saturated carbocycles. The minimum Gasteiger partial charge on any atom is -0.355 e. The molecule has 1 fully saturated rings. The van der Waals surface area contributed by atoms with Crippen molar-refractivity contribution >= 4 is 17.7 Å². The molecule has 14 heteroatoms. The highest BCUT2D eigenvalue weighted by Gasteiger charge is 2.50. The molecule has 1 heterocycles. The van der Waals surface area contributed by atoms with Crippen molar-refractivity contribution in [2.45, 2.75) is 93.4 Å². The maximum absolute atomic E-state index is 14.8. The largest absolute Gasteiger partial charge is 0.416 e. The van der Waals surface area contributed by atoms with E-state index in [0.717, 1.165) is 134 Å². The number of amides is 3. The van der Waals surface area contributed by atoms with Crippen LogP contribution in [0, 0.1) is 0 Å². The van der Waals surface area contributed by atoms with Gasteiger partial charge in [0.2, 0.25) is 11.8 Å². The molecule has 0 unspecified atom stereocenters. The van der Waals surface area contributed by atoms with Crippen molar-refractivity contribution in [3.63, 3.8) is 0 Å². The first-order valence-electron chi connectivity index (χ1n) is 26.6. The van der Waals surface area contributed by atoms with E-state index in [1.165, 1.54) is 12.1 Å². The number of fused-ring (bicyclic) bond motifs is 6. The Labute approximate surface area is 441 Å². The number of halogens is 6. The van der Waals surface area contributed by atoms with E-state index in [1.807, 2.05) is 79.8 Å². The number of nitrogens with zero attached hydrogens (tertiary/aromatic N) is 2. The maximum Gasteiger partial charge on any atom is 0.416 e. The number of hydrogen-bond acceptors (Lipinski definition) is 5. The third kappa shape index (κ3) is 11.5. The van der Waals surface area contributed by atoms with Crippen LogP contribution in [0.4, 0.5) is 26.3 Å². The van der Waals surface area contributed by atoms with Crippen molar-refractivity contribution in [2.24, 2.45) is 0 Å². The van der Waals surface area contributed by atoms with Crippen molar-refractivity contribution in [2.75, 3.05) is 52.9 Å². The van der Waals surface area contributed by atoms with Crippen LogP contribution >= 0.6 is 0 Å². The normalized spacial score (nSPS) is 15.6. The van der Waals surface area contributed by atoms with E-state index in [9.17, 15) is 40.7 Å². The van der Waals surface area contributed by atoms with Gasteiger partial charge in [0.25, 0.3) is 5.91 Å². The monoisotopic (exact) mass is 1040 g/mol. The number of nitrogens with one attached hydrogen (secondary N) is 3. The van der Waals surface area contributed by atoms with Crippen molar-refractivity contribution in [1.82, 2.24) is 25.8 Å². The van der Waals surface area contributed by atoms with Crippen LogP contribution in [0.3, 0.4) is 0 Å². The zero-order valence-corrected chi connectivity index (χ0v) is 42.8.